The first-order valence-corrected chi connectivity index (χ1v) is 7.87. The number of piperazine rings is 1. The Morgan fingerprint density at radius 1 is 1.33 bits per heavy atom. The fraction of sp³-hybridized carbons (Fsp3) is 0.688. The van der Waals surface area contributed by atoms with Gasteiger partial charge in [-0.25, -0.2) is 0 Å². The summed E-state index contributed by atoms with van der Waals surface area (Å²) in [6, 6.07) is 2.39. The maximum atomic E-state index is 12.5. The van der Waals surface area contributed by atoms with Crippen molar-refractivity contribution in [2.45, 2.75) is 39.7 Å². The molecule has 2 N–H and O–H groups in total. The second-order valence-corrected chi connectivity index (χ2v) is 5.79. The van der Waals surface area contributed by atoms with Crippen molar-refractivity contribution >= 4 is 5.91 Å². The van der Waals surface area contributed by atoms with E-state index < -0.39 is 0 Å². The molecular formula is C16H27N3O2. The van der Waals surface area contributed by atoms with Crippen LogP contribution in [0.3, 0.4) is 0 Å². The van der Waals surface area contributed by atoms with E-state index in [2.05, 4.69) is 11.8 Å². The van der Waals surface area contributed by atoms with Gasteiger partial charge < -0.3 is 15.1 Å². The van der Waals surface area contributed by atoms with Crippen molar-refractivity contribution in [2.75, 3.05) is 32.7 Å². The number of carbonyl (C=O) groups excluding carboxylic acids is 1. The van der Waals surface area contributed by atoms with Gasteiger partial charge in [0.05, 0.1) is 5.56 Å². The summed E-state index contributed by atoms with van der Waals surface area (Å²) in [5.41, 5.74) is 6.38. The summed E-state index contributed by atoms with van der Waals surface area (Å²) < 4.78 is 5.46. The van der Waals surface area contributed by atoms with Gasteiger partial charge in [-0.3, -0.25) is 9.69 Å². The topological polar surface area (TPSA) is 62.7 Å². The fourth-order valence-corrected chi connectivity index (χ4v) is 3.14. The molecule has 5 heteroatoms. The molecule has 5 nitrogen and oxygen atoms in total. The number of nitrogens with zero attached hydrogens (tertiary/aromatic N) is 2. The van der Waals surface area contributed by atoms with Crippen LogP contribution in [0, 0.1) is 13.8 Å². The molecule has 1 aliphatic rings. The number of carbonyl (C=O) groups is 1. The molecule has 2 heterocycles. The minimum Gasteiger partial charge on any atom is -0.466 e. The highest BCUT2D eigenvalue weighted by molar-refractivity contribution is 5.95. The van der Waals surface area contributed by atoms with Gasteiger partial charge in [-0.1, -0.05) is 6.92 Å². The van der Waals surface area contributed by atoms with E-state index in [1.165, 1.54) is 0 Å². The van der Waals surface area contributed by atoms with Crippen molar-refractivity contribution in [3.8, 4) is 0 Å². The number of hydrogen-bond donors (Lipinski definition) is 1. The van der Waals surface area contributed by atoms with Crippen LogP contribution in [0.5, 0.6) is 0 Å². The molecule has 1 atom stereocenters. The minimum absolute atomic E-state index is 0.0934. The van der Waals surface area contributed by atoms with E-state index >= 15 is 0 Å². The van der Waals surface area contributed by atoms with Gasteiger partial charge in [-0.05, 0) is 39.3 Å². The molecule has 1 fully saturated rings. The summed E-state index contributed by atoms with van der Waals surface area (Å²) in [7, 11) is 0. The van der Waals surface area contributed by atoms with Crippen LogP contribution in [0.2, 0.25) is 0 Å². The molecule has 1 unspecified atom stereocenters. The number of amides is 1. The highest BCUT2D eigenvalue weighted by Crippen LogP contribution is 2.18. The molecule has 0 saturated carbocycles. The van der Waals surface area contributed by atoms with Gasteiger partial charge in [-0.15, -0.1) is 0 Å². The van der Waals surface area contributed by atoms with Crippen LogP contribution in [-0.2, 0) is 0 Å². The summed E-state index contributed by atoms with van der Waals surface area (Å²) in [4.78, 5) is 16.9. The van der Waals surface area contributed by atoms with Crippen molar-refractivity contribution in [3.63, 3.8) is 0 Å². The smallest absolute Gasteiger partial charge is 0.257 e. The second kappa shape index (κ2) is 7.09. The fourth-order valence-electron chi connectivity index (χ4n) is 3.14. The normalized spacial score (nSPS) is 18.0. The van der Waals surface area contributed by atoms with Crippen molar-refractivity contribution < 1.29 is 9.21 Å². The predicted octanol–water partition coefficient (Wildman–Crippen LogP) is 1.78. The van der Waals surface area contributed by atoms with Gasteiger partial charge in [0.25, 0.3) is 5.91 Å². The zero-order valence-electron chi connectivity index (χ0n) is 13.4. The first kappa shape index (κ1) is 16.0. The minimum atomic E-state index is 0.0934. The van der Waals surface area contributed by atoms with E-state index in [1.807, 2.05) is 24.8 Å². The average Bonchev–Trinajstić information content (AvgIpc) is 2.83. The van der Waals surface area contributed by atoms with Crippen molar-refractivity contribution in [1.82, 2.24) is 9.80 Å². The Balaban J connectivity index is 1.94. The van der Waals surface area contributed by atoms with Crippen LogP contribution < -0.4 is 5.73 Å². The maximum Gasteiger partial charge on any atom is 0.257 e. The predicted molar refractivity (Wildman–Crippen MR) is 83.4 cm³/mol. The molecule has 1 aliphatic heterocycles. The highest BCUT2D eigenvalue weighted by atomic mass is 16.3. The van der Waals surface area contributed by atoms with Crippen molar-refractivity contribution in [3.05, 3.63) is 23.2 Å². The van der Waals surface area contributed by atoms with Crippen LogP contribution in [0.4, 0.5) is 0 Å². The van der Waals surface area contributed by atoms with E-state index in [-0.39, 0.29) is 5.91 Å². The largest absolute Gasteiger partial charge is 0.466 e. The molecule has 21 heavy (non-hydrogen) atoms. The summed E-state index contributed by atoms with van der Waals surface area (Å²) in [6.45, 7) is 10.1. The van der Waals surface area contributed by atoms with Gasteiger partial charge in [0.1, 0.15) is 11.5 Å². The monoisotopic (exact) mass is 293 g/mol. The molecule has 0 bridgehead atoms. The number of hydrogen-bond acceptors (Lipinski definition) is 4. The molecule has 2 rings (SSSR count). The molecule has 0 aliphatic carbocycles. The van der Waals surface area contributed by atoms with Gasteiger partial charge in [0.15, 0.2) is 0 Å². The lowest BCUT2D eigenvalue weighted by Gasteiger charge is -2.39. The van der Waals surface area contributed by atoms with Crippen LogP contribution >= 0.6 is 0 Å². The highest BCUT2D eigenvalue weighted by Gasteiger charge is 2.27. The Hall–Kier alpha value is -1.33. The summed E-state index contributed by atoms with van der Waals surface area (Å²) >= 11 is 0. The third-order valence-electron chi connectivity index (χ3n) is 4.36. The third kappa shape index (κ3) is 3.66. The number of furan rings is 1. The Bertz CT molecular complexity index is 476. The van der Waals surface area contributed by atoms with Gasteiger partial charge >= 0.3 is 0 Å². The second-order valence-electron chi connectivity index (χ2n) is 5.79. The maximum absolute atomic E-state index is 12.5. The summed E-state index contributed by atoms with van der Waals surface area (Å²) in [6.07, 6.45) is 2.15. The van der Waals surface area contributed by atoms with Crippen LogP contribution in [0.25, 0.3) is 0 Å². The molecule has 0 radical (unpaired) electrons. The SMILES string of the molecule is CCC(CCN)N1CCN(C(=O)c2cc(C)oc2C)CC1. The Kier molecular flexibility index (Phi) is 5.42. The standard InChI is InChI=1S/C16H27N3O2/c1-4-14(5-6-17)18-7-9-19(10-8-18)16(20)15-11-12(2)21-13(15)3/h11,14H,4-10,17H2,1-3H3. The Labute approximate surface area is 127 Å². The van der Waals surface area contributed by atoms with Gasteiger partial charge in [0.2, 0.25) is 0 Å². The lowest BCUT2D eigenvalue weighted by atomic mass is 10.1. The van der Waals surface area contributed by atoms with Crippen LogP contribution in [-0.4, -0.2) is 54.5 Å². The van der Waals surface area contributed by atoms with E-state index in [0.29, 0.717) is 11.6 Å². The average molecular weight is 293 g/mol. The number of nitrogens with two attached hydrogens (primary N) is 1. The Morgan fingerprint density at radius 3 is 2.48 bits per heavy atom. The van der Waals surface area contributed by atoms with E-state index in [9.17, 15) is 4.79 Å². The molecule has 1 aromatic heterocycles. The first-order chi connectivity index (χ1) is 10.1. The number of rotatable bonds is 5. The third-order valence-corrected chi connectivity index (χ3v) is 4.36. The first-order valence-electron chi connectivity index (χ1n) is 7.87. The van der Waals surface area contributed by atoms with Crippen molar-refractivity contribution in [2.24, 2.45) is 5.73 Å². The molecule has 0 aromatic carbocycles. The summed E-state index contributed by atoms with van der Waals surface area (Å²) in [5, 5.41) is 0. The lowest BCUT2D eigenvalue weighted by Crippen LogP contribution is -2.52. The lowest BCUT2D eigenvalue weighted by molar-refractivity contribution is 0.0555. The van der Waals surface area contributed by atoms with Gasteiger partial charge in [0, 0.05) is 32.2 Å². The van der Waals surface area contributed by atoms with Crippen LogP contribution in [0.15, 0.2) is 10.5 Å². The van der Waals surface area contributed by atoms with E-state index in [1.54, 1.807) is 0 Å². The zero-order chi connectivity index (χ0) is 15.4. The summed E-state index contributed by atoms with van der Waals surface area (Å²) in [5.74, 6) is 1.61. The Morgan fingerprint density at radius 2 is 2.00 bits per heavy atom. The van der Waals surface area contributed by atoms with Crippen molar-refractivity contribution in [1.29, 1.82) is 0 Å². The molecule has 1 aromatic rings. The number of aryl methyl sites for hydroxylation is 2. The molecule has 1 amide bonds. The van der Waals surface area contributed by atoms with Gasteiger partial charge in [-0.2, -0.15) is 0 Å². The molecular weight excluding hydrogens is 266 g/mol. The van der Waals surface area contributed by atoms with E-state index in [0.717, 1.165) is 57.1 Å². The van der Waals surface area contributed by atoms with Crippen LogP contribution in [0.1, 0.15) is 41.6 Å². The quantitative estimate of drug-likeness (QED) is 0.899. The molecule has 118 valence electrons. The molecule has 1 saturated heterocycles. The zero-order valence-corrected chi connectivity index (χ0v) is 13.4. The molecule has 0 spiro atoms. The van der Waals surface area contributed by atoms with E-state index in [4.69, 9.17) is 10.2 Å².